The molecule has 3 aromatic rings. The normalized spacial score (nSPS) is 17.7. The Hall–Kier alpha value is -2.54. The summed E-state index contributed by atoms with van der Waals surface area (Å²) in [6, 6.07) is 11.2. The Morgan fingerprint density at radius 3 is 2.96 bits per heavy atom. The van der Waals surface area contributed by atoms with E-state index in [1.807, 2.05) is 23.1 Å². The largest absolute Gasteiger partial charge is 0.341 e. The van der Waals surface area contributed by atoms with Gasteiger partial charge in [0.25, 0.3) is 0 Å². The first kappa shape index (κ1) is 14.1. The molecule has 0 aliphatic carbocycles. The van der Waals surface area contributed by atoms with Crippen LogP contribution in [0.25, 0.3) is 10.2 Å². The van der Waals surface area contributed by atoms with Crippen molar-refractivity contribution in [2.75, 3.05) is 11.4 Å². The number of benzene rings is 1. The fourth-order valence-electron chi connectivity index (χ4n) is 3.06. The zero-order valence-electron chi connectivity index (χ0n) is 12.3. The van der Waals surface area contributed by atoms with Crippen LogP contribution in [0.15, 0.2) is 42.6 Å². The maximum atomic E-state index is 11.3. The minimum absolute atomic E-state index is 0.0560. The van der Waals surface area contributed by atoms with E-state index in [1.54, 1.807) is 23.6 Å². The molecule has 0 N–H and O–H groups in total. The predicted octanol–water partition coefficient (Wildman–Crippen LogP) is 3.94. The van der Waals surface area contributed by atoms with Crippen LogP contribution >= 0.6 is 11.3 Å². The number of anilines is 1. The van der Waals surface area contributed by atoms with Gasteiger partial charge in [0.05, 0.1) is 21.2 Å². The molecule has 6 nitrogen and oxygen atoms in total. The van der Waals surface area contributed by atoms with E-state index in [2.05, 4.69) is 11.1 Å². The van der Waals surface area contributed by atoms with Crippen molar-refractivity contribution >= 4 is 33.1 Å². The van der Waals surface area contributed by atoms with E-state index in [0.29, 0.717) is 5.82 Å². The van der Waals surface area contributed by atoms with Crippen molar-refractivity contribution in [3.63, 3.8) is 0 Å². The number of rotatable bonds is 3. The van der Waals surface area contributed by atoms with Crippen molar-refractivity contribution < 1.29 is 4.92 Å². The maximum Gasteiger partial charge on any atom is 0.311 e. The third-order valence-electron chi connectivity index (χ3n) is 4.08. The van der Waals surface area contributed by atoms with Crippen LogP contribution in [-0.2, 0) is 0 Å². The quantitative estimate of drug-likeness (QED) is 0.538. The van der Waals surface area contributed by atoms with Gasteiger partial charge in [-0.2, -0.15) is 0 Å². The highest BCUT2D eigenvalue weighted by molar-refractivity contribution is 7.18. The summed E-state index contributed by atoms with van der Waals surface area (Å²) in [7, 11) is 0. The molecular formula is C16H14N4O2S. The summed E-state index contributed by atoms with van der Waals surface area (Å²) >= 11 is 1.66. The first-order chi connectivity index (χ1) is 11.2. The first-order valence-electron chi connectivity index (χ1n) is 7.45. The number of nitro groups is 1. The Morgan fingerprint density at radius 2 is 2.13 bits per heavy atom. The van der Waals surface area contributed by atoms with Gasteiger partial charge in [-0.05, 0) is 31.0 Å². The van der Waals surface area contributed by atoms with Gasteiger partial charge >= 0.3 is 5.69 Å². The van der Waals surface area contributed by atoms with Crippen LogP contribution in [0, 0.1) is 10.1 Å². The number of pyridine rings is 1. The third-order valence-corrected chi connectivity index (χ3v) is 5.22. The van der Waals surface area contributed by atoms with Crippen molar-refractivity contribution in [3.8, 4) is 0 Å². The molecule has 1 atom stereocenters. The van der Waals surface area contributed by atoms with E-state index >= 15 is 0 Å². The molecule has 23 heavy (non-hydrogen) atoms. The molecule has 1 aliphatic heterocycles. The van der Waals surface area contributed by atoms with Gasteiger partial charge in [-0.15, -0.1) is 11.3 Å². The highest BCUT2D eigenvalue weighted by atomic mass is 32.1. The SMILES string of the molecule is O=[N+]([O-])c1cccnc1N1CCC[C@@H]1c1nc2ccccc2s1. The number of para-hydroxylation sites is 1. The van der Waals surface area contributed by atoms with E-state index in [0.717, 1.165) is 34.6 Å². The van der Waals surface area contributed by atoms with Gasteiger partial charge in [0.2, 0.25) is 5.82 Å². The van der Waals surface area contributed by atoms with Gasteiger partial charge in [0, 0.05) is 18.8 Å². The summed E-state index contributed by atoms with van der Waals surface area (Å²) in [6.07, 6.45) is 3.53. The minimum atomic E-state index is -0.365. The lowest BCUT2D eigenvalue weighted by Crippen LogP contribution is -2.24. The number of nitrogens with zero attached hydrogens (tertiary/aromatic N) is 4. The molecule has 0 bridgehead atoms. The van der Waals surface area contributed by atoms with E-state index in [4.69, 9.17) is 4.98 Å². The second-order valence-corrected chi connectivity index (χ2v) is 6.54. The first-order valence-corrected chi connectivity index (χ1v) is 8.27. The molecule has 1 fully saturated rings. The monoisotopic (exact) mass is 326 g/mol. The molecule has 2 aromatic heterocycles. The third kappa shape index (κ3) is 2.43. The summed E-state index contributed by atoms with van der Waals surface area (Å²) in [6.45, 7) is 0.762. The highest BCUT2D eigenvalue weighted by Gasteiger charge is 2.33. The maximum absolute atomic E-state index is 11.3. The van der Waals surface area contributed by atoms with E-state index in [1.165, 1.54) is 6.07 Å². The van der Waals surface area contributed by atoms with Crippen LogP contribution in [0.1, 0.15) is 23.9 Å². The topological polar surface area (TPSA) is 72.2 Å². The molecule has 0 amide bonds. The lowest BCUT2D eigenvalue weighted by atomic mass is 10.2. The highest BCUT2D eigenvalue weighted by Crippen LogP contribution is 2.41. The fraction of sp³-hybridized carbons (Fsp3) is 0.250. The van der Waals surface area contributed by atoms with Gasteiger partial charge in [-0.1, -0.05) is 12.1 Å². The van der Waals surface area contributed by atoms with Crippen molar-refractivity contribution in [2.24, 2.45) is 0 Å². The number of aromatic nitrogens is 2. The Labute approximate surface area is 136 Å². The number of hydrogen-bond acceptors (Lipinski definition) is 6. The lowest BCUT2D eigenvalue weighted by molar-refractivity contribution is -0.384. The molecule has 0 saturated carbocycles. The summed E-state index contributed by atoms with van der Waals surface area (Å²) in [5.74, 6) is 0.444. The molecule has 1 aromatic carbocycles. The second-order valence-electron chi connectivity index (χ2n) is 5.47. The average Bonchev–Trinajstić information content (AvgIpc) is 3.21. The minimum Gasteiger partial charge on any atom is -0.341 e. The Morgan fingerprint density at radius 1 is 1.26 bits per heavy atom. The lowest BCUT2D eigenvalue weighted by Gasteiger charge is -2.23. The molecule has 0 unspecified atom stereocenters. The Kier molecular flexibility index (Phi) is 3.42. The predicted molar refractivity (Wildman–Crippen MR) is 89.8 cm³/mol. The van der Waals surface area contributed by atoms with E-state index in [9.17, 15) is 10.1 Å². The smallest absolute Gasteiger partial charge is 0.311 e. The van der Waals surface area contributed by atoms with Gasteiger partial charge < -0.3 is 4.90 Å². The number of hydrogen-bond donors (Lipinski definition) is 0. The molecule has 7 heteroatoms. The van der Waals surface area contributed by atoms with Crippen LogP contribution in [0.2, 0.25) is 0 Å². The van der Waals surface area contributed by atoms with Crippen LogP contribution in [0.5, 0.6) is 0 Å². The molecule has 3 heterocycles. The van der Waals surface area contributed by atoms with E-state index < -0.39 is 0 Å². The zero-order valence-corrected chi connectivity index (χ0v) is 13.1. The van der Waals surface area contributed by atoms with Crippen LogP contribution in [0.4, 0.5) is 11.5 Å². The molecule has 1 aliphatic rings. The Bertz CT molecular complexity index is 846. The number of fused-ring (bicyclic) bond motifs is 1. The summed E-state index contributed by atoms with van der Waals surface area (Å²) in [5, 5.41) is 12.3. The number of thiazole rings is 1. The van der Waals surface area contributed by atoms with Crippen LogP contribution in [-0.4, -0.2) is 21.4 Å². The molecule has 0 radical (unpaired) electrons. The van der Waals surface area contributed by atoms with Crippen molar-refractivity contribution in [1.82, 2.24) is 9.97 Å². The zero-order chi connectivity index (χ0) is 15.8. The summed E-state index contributed by atoms with van der Waals surface area (Å²) in [4.78, 5) is 21.9. The van der Waals surface area contributed by atoms with Crippen molar-refractivity contribution in [2.45, 2.75) is 18.9 Å². The Balaban J connectivity index is 1.76. The van der Waals surface area contributed by atoms with Gasteiger partial charge in [0.15, 0.2) is 0 Å². The van der Waals surface area contributed by atoms with Crippen molar-refractivity contribution in [1.29, 1.82) is 0 Å². The molecule has 116 valence electrons. The molecule has 0 spiro atoms. The van der Waals surface area contributed by atoms with Crippen LogP contribution < -0.4 is 4.90 Å². The van der Waals surface area contributed by atoms with Gasteiger partial charge in [-0.3, -0.25) is 10.1 Å². The standard InChI is InChI=1S/C16H14N4O2S/c21-20(22)12-6-3-9-17-15(12)19-10-4-7-13(19)16-18-11-5-1-2-8-14(11)23-16/h1-3,5-6,8-9,13H,4,7,10H2/t13-/m1/s1. The second kappa shape index (κ2) is 5.58. The molecule has 4 rings (SSSR count). The summed E-state index contributed by atoms with van der Waals surface area (Å²) < 4.78 is 1.14. The summed E-state index contributed by atoms with van der Waals surface area (Å²) in [5.41, 5.74) is 1.04. The van der Waals surface area contributed by atoms with Gasteiger partial charge in [-0.25, -0.2) is 9.97 Å². The van der Waals surface area contributed by atoms with E-state index in [-0.39, 0.29) is 16.7 Å². The van der Waals surface area contributed by atoms with Crippen LogP contribution in [0.3, 0.4) is 0 Å². The molecular weight excluding hydrogens is 312 g/mol. The van der Waals surface area contributed by atoms with Crippen molar-refractivity contribution in [3.05, 3.63) is 57.7 Å². The average molecular weight is 326 g/mol. The molecule has 1 saturated heterocycles. The van der Waals surface area contributed by atoms with Gasteiger partial charge in [0.1, 0.15) is 5.01 Å². The fourth-order valence-corrected chi connectivity index (χ4v) is 4.18.